The smallest absolute Gasteiger partial charge is 0.137 e. The van der Waals surface area contributed by atoms with Gasteiger partial charge >= 0.3 is 0 Å². The molecule has 0 aromatic heterocycles. The maximum absolute atomic E-state index is 13.4. The van der Waals surface area contributed by atoms with E-state index in [1.807, 2.05) is 6.07 Å². The lowest BCUT2D eigenvalue weighted by Crippen LogP contribution is -1.98. The first-order valence-electron chi connectivity index (χ1n) is 6.21. The third-order valence-corrected chi connectivity index (χ3v) is 3.52. The first-order chi connectivity index (χ1) is 10.2. The highest BCUT2D eigenvalue weighted by atomic mass is 79.9. The van der Waals surface area contributed by atoms with E-state index in [2.05, 4.69) is 15.9 Å². The van der Waals surface area contributed by atoms with Crippen LogP contribution in [0.3, 0.4) is 0 Å². The Morgan fingerprint density at radius 2 is 2.00 bits per heavy atom. The van der Waals surface area contributed by atoms with Crippen molar-refractivity contribution in [3.8, 4) is 17.6 Å². The predicted octanol–water partition coefficient (Wildman–Crippen LogP) is 4.18. The van der Waals surface area contributed by atoms with Gasteiger partial charge in [-0.25, -0.2) is 4.39 Å². The van der Waals surface area contributed by atoms with Crippen molar-refractivity contribution in [1.82, 2.24) is 0 Å². The molecule has 0 N–H and O–H groups in total. The standard InChI is InChI=1S/C16H13BrFNO2/c1-20-16-6-11(2-3-13(16)9-19)10-21-15-5-12(8-17)4-14(18)7-15/h2-7H,8,10H2,1H3. The zero-order chi connectivity index (χ0) is 15.2. The molecular weight excluding hydrogens is 337 g/mol. The highest BCUT2D eigenvalue weighted by Gasteiger charge is 2.06. The molecule has 5 heteroatoms. The normalized spacial score (nSPS) is 10.0. The van der Waals surface area contributed by atoms with Crippen LogP contribution in [-0.4, -0.2) is 7.11 Å². The van der Waals surface area contributed by atoms with E-state index >= 15 is 0 Å². The molecule has 2 aromatic rings. The van der Waals surface area contributed by atoms with E-state index in [1.165, 1.54) is 19.2 Å². The highest BCUT2D eigenvalue weighted by Crippen LogP contribution is 2.22. The Morgan fingerprint density at radius 3 is 2.67 bits per heavy atom. The van der Waals surface area contributed by atoms with Crippen LogP contribution >= 0.6 is 15.9 Å². The molecule has 0 spiro atoms. The molecule has 0 bridgehead atoms. The van der Waals surface area contributed by atoms with Gasteiger partial charge in [-0.15, -0.1) is 0 Å². The summed E-state index contributed by atoms with van der Waals surface area (Å²) in [6.45, 7) is 0.271. The predicted molar refractivity (Wildman–Crippen MR) is 81.1 cm³/mol. The SMILES string of the molecule is COc1cc(COc2cc(F)cc(CBr)c2)ccc1C#N. The van der Waals surface area contributed by atoms with Gasteiger partial charge in [-0.1, -0.05) is 22.0 Å². The summed E-state index contributed by atoms with van der Waals surface area (Å²) in [5, 5.41) is 9.49. The Labute approximate surface area is 131 Å². The van der Waals surface area contributed by atoms with Crippen LogP contribution in [0.1, 0.15) is 16.7 Å². The monoisotopic (exact) mass is 349 g/mol. The van der Waals surface area contributed by atoms with Crippen LogP contribution < -0.4 is 9.47 Å². The summed E-state index contributed by atoms with van der Waals surface area (Å²) in [6, 6.07) is 11.8. The molecule has 0 amide bonds. The van der Waals surface area contributed by atoms with Crippen molar-refractivity contribution in [2.24, 2.45) is 0 Å². The number of hydrogen-bond acceptors (Lipinski definition) is 3. The summed E-state index contributed by atoms with van der Waals surface area (Å²) in [4.78, 5) is 0. The second-order valence-corrected chi connectivity index (χ2v) is 4.92. The number of alkyl halides is 1. The van der Waals surface area contributed by atoms with Gasteiger partial charge in [-0.05, 0) is 35.4 Å². The van der Waals surface area contributed by atoms with Crippen LogP contribution in [0.15, 0.2) is 36.4 Å². The summed E-state index contributed by atoms with van der Waals surface area (Å²) in [6.07, 6.45) is 0. The molecule has 0 unspecified atom stereocenters. The molecule has 0 atom stereocenters. The lowest BCUT2D eigenvalue weighted by Gasteiger charge is -2.09. The van der Waals surface area contributed by atoms with Gasteiger partial charge < -0.3 is 9.47 Å². The van der Waals surface area contributed by atoms with Crippen molar-refractivity contribution in [2.75, 3.05) is 7.11 Å². The number of ether oxygens (including phenoxy) is 2. The fourth-order valence-corrected chi connectivity index (χ4v) is 2.19. The third-order valence-electron chi connectivity index (χ3n) is 2.88. The van der Waals surface area contributed by atoms with Crippen molar-refractivity contribution in [3.63, 3.8) is 0 Å². The molecule has 0 saturated heterocycles. The van der Waals surface area contributed by atoms with Gasteiger partial charge in [0.2, 0.25) is 0 Å². The minimum atomic E-state index is -0.334. The lowest BCUT2D eigenvalue weighted by molar-refractivity contribution is 0.303. The molecule has 21 heavy (non-hydrogen) atoms. The molecule has 0 heterocycles. The summed E-state index contributed by atoms with van der Waals surface area (Å²) >= 11 is 3.29. The van der Waals surface area contributed by atoms with E-state index in [4.69, 9.17) is 14.7 Å². The molecule has 0 aliphatic carbocycles. The van der Waals surface area contributed by atoms with Gasteiger partial charge in [0.05, 0.1) is 12.7 Å². The zero-order valence-electron chi connectivity index (χ0n) is 11.4. The number of halogens is 2. The summed E-state index contributed by atoms with van der Waals surface area (Å²) < 4.78 is 24.1. The van der Waals surface area contributed by atoms with E-state index in [1.54, 1.807) is 24.3 Å². The molecule has 108 valence electrons. The van der Waals surface area contributed by atoms with Gasteiger partial charge in [-0.3, -0.25) is 0 Å². The molecule has 2 aromatic carbocycles. The average molecular weight is 350 g/mol. The molecule has 0 aliphatic heterocycles. The minimum Gasteiger partial charge on any atom is -0.495 e. The van der Waals surface area contributed by atoms with Crippen LogP contribution in [0.2, 0.25) is 0 Å². The molecule has 0 radical (unpaired) electrons. The van der Waals surface area contributed by atoms with E-state index < -0.39 is 0 Å². The Balaban J connectivity index is 2.13. The van der Waals surface area contributed by atoms with Crippen molar-refractivity contribution >= 4 is 15.9 Å². The van der Waals surface area contributed by atoms with Crippen molar-refractivity contribution in [1.29, 1.82) is 5.26 Å². The summed E-state index contributed by atoms with van der Waals surface area (Å²) in [7, 11) is 1.51. The fraction of sp³-hybridized carbons (Fsp3) is 0.188. The number of hydrogen-bond donors (Lipinski definition) is 0. The summed E-state index contributed by atoms with van der Waals surface area (Å²) in [5.41, 5.74) is 2.12. The molecule has 2 rings (SSSR count). The second kappa shape index (κ2) is 7.09. The molecule has 0 saturated carbocycles. The second-order valence-electron chi connectivity index (χ2n) is 4.36. The molecular formula is C16H13BrFNO2. The molecule has 0 fully saturated rings. The zero-order valence-corrected chi connectivity index (χ0v) is 13.0. The maximum Gasteiger partial charge on any atom is 0.137 e. The Bertz CT molecular complexity index is 682. The first kappa shape index (κ1) is 15.3. The van der Waals surface area contributed by atoms with Crippen molar-refractivity contribution in [3.05, 3.63) is 58.9 Å². The Morgan fingerprint density at radius 1 is 1.19 bits per heavy atom. The topological polar surface area (TPSA) is 42.2 Å². The van der Waals surface area contributed by atoms with E-state index in [0.717, 1.165) is 11.1 Å². The molecule has 3 nitrogen and oxygen atoms in total. The fourth-order valence-electron chi connectivity index (χ4n) is 1.87. The minimum absolute atomic E-state index is 0.271. The van der Waals surface area contributed by atoms with Crippen LogP contribution in [0.5, 0.6) is 11.5 Å². The maximum atomic E-state index is 13.4. The van der Waals surface area contributed by atoms with E-state index in [-0.39, 0.29) is 12.4 Å². The van der Waals surface area contributed by atoms with Crippen molar-refractivity contribution in [2.45, 2.75) is 11.9 Å². The lowest BCUT2D eigenvalue weighted by atomic mass is 10.1. The van der Waals surface area contributed by atoms with Crippen LogP contribution in [0.4, 0.5) is 4.39 Å². The Hall–Kier alpha value is -2.06. The van der Waals surface area contributed by atoms with E-state index in [0.29, 0.717) is 22.4 Å². The molecule has 0 aliphatic rings. The van der Waals surface area contributed by atoms with Gasteiger partial charge in [-0.2, -0.15) is 5.26 Å². The largest absolute Gasteiger partial charge is 0.495 e. The third kappa shape index (κ3) is 3.96. The van der Waals surface area contributed by atoms with Crippen molar-refractivity contribution < 1.29 is 13.9 Å². The number of methoxy groups -OCH3 is 1. The number of benzene rings is 2. The number of nitriles is 1. The van der Waals surface area contributed by atoms with Crippen LogP contribution in [0, 0.1) is 17.1 Å². The van der Waals surface area contributed by atoms with Gasteiger partial charge in [0.25, 0.3) is 0 Å². The van der Waals surface area contributed by atoms with Crippen LogP contribution in [-0.2, 0) is 11.9 Å². The number of nitrogens with zero attached hydrogens (tertiary/aromatic N) is 1. The van der Waals surface area contributed by atoms with E-state index in [9.17, 15) is 4.39 Å². The van der Waals surface area contributed by atoms with Gasteiger partial charge in [0.15, 0.2) is 0 Å². The highest BCUT2D eigenvalue weighted by molar-refractivity contribution is 9.08. The van der Waals surface area contributed by atoms with Crippen LogP contribution in [0.25, 0.3) is 0 Å². The Kier molecular flexibility index (Phi) is 5.18. The quantitative estimate of drug-likeness (QED) is 0.760. The van der Waals surface area contributed by atoms with Gasteiger partial charge in [0, 0.05) is 11.4 Å². The summed E-state index contributed by atoms with van der Waals surface area (Å²) in [5.74, 6) is 0.631. The van der Waals surface area contributed by atoms with Gasteiger partial charge in [0.1, 0.15) is 30.0 Å². The average Bonchev–Trinajstić information content (AvgIpc) is 2.52. The number of rotatable bonds is 5. The first-order valence-corrected chi connectivity index (χ1v) is 7.33.